The summed E-state index contributed by atoms with van der Waals surface area (Å²) < 4.78 is 31.1. The SMILES string of the molecule is COP1(OC)(OC)OC(C(=O)c2ccccc2)(c2ccccc2)C(C(=O)c2ccccc2)(c2ccccc2)O1. The van der Waals surface area contributed by atoms with Gasteiger partial charge in [-0.2, -0.15) is 0 Å². The van der Waals surface area contributed by atoms with Crippen molar-refractivity contribution >= 4 is 19.3 Å². The van der Waals surface area contributed by atoms with Gasteiger partial charge in [0.2, 0.25) is 0 Å². The maximum atomic E-state index is 15.0. The second-order valence-electron chi connectivity index (χ2n) is 8.96. The van der Waals surface area contributed by atoms with Crippen LogP contribution in [-0.4, -0.2) is 32.9 Å². The van der Waals surface area contributed by atoms with Crippen molar-refractivity contribution in [1.82, 2.24) is 0 Å². The molecule has 1 aliphatic heterocycles. The van der Waals surface area contributed by atoms with Gasteiger partial charge < -0.3 is 0 Å². The van der Waals surface area contributed by atoms with Gasteiger partial charge in [0.15, 0.2) is 0 Å². The summed E-state index contributed by atoms with van der Waals surface area (Å²) in [5.41, 5.74) is -2.94. The zero-order chi connectivity index (χ0) is 27.6. The topological polar surface area (TPSA) is 80.3 Å². The normalized spacial score (nSPS) is 24.3. The van der Waals surface area contributed by atoms with Crippen LogP contribution in [0.3, 0.4) is 0 Å². The summed E-state index contributed by atoms with van der Waals surface area (Å²) in [6.45, 7) is 0. The second-order valence-corrected chi connectivity index (χ2v) is 11.9. The number of carbonyl (C=O) groups is 2. The summed E-state index contributed by atoms with van der Waals surface area (Å²) >= 11 is 0. The van der Waals surface area contributed by atoms with Gasteiger partial charge in [-0.3, -0.25) is 0 Å². The summed E-state index contributed by atoms with van der Waals surface area (Å²) in [7, 11) is -1.16. The van der Waals surface area contributed by atoms with E-state index in [2.05, 4.69) is 0 Å². The van der Waals surface area contributed by atoms with Gasteiger partial charge in [0.25, 0.3) is 0 Å². The second kappa shape index (κ2) is 10.2. The molecule has 39 heavy (non-hydrogen) atoms. The molecule has 4 aromatic carbocycles. The Morgan fingerprint density at radius 2 is 0.795 bits per heavy atom. The Hall–Kier alpha value is -3.55. The van der Waals surface area contributed by atoms with Crippen LogP contribution in [0.25, 0.3) is 0 Å². The van der Waals surface area contributed by atoms with Gasteiger partial charge in [0.1, 0.15) is 0 Å². The van der Waals surface area contributed by atoms with Crippen LogP contribution >= 0.6 is 7.74 Å². The Bertz CT molecular complexity index is 1340. The van der Waals surface area contributed by atoms with E-state index in [1.165, 1.54) is 21.3 Å². The number of benzene rings is 4. The van der Waals surface area contributed by atoms with E-state index in [9.17, 15) is 9.59 Å². The minimum atomic E-state index is -5.08. The van der Waals surface area contributed by atoms with E-state index >= 15 is 0 Å². The van der Waals surface area contributed by atoms with Crippen molar-refractivity contribution in [3.63, 3.8) is 0 Å². The third-order valence-corrected chi connectivity index (χ3v) is 9.97. The molecule has 0 saturated carbocycles. The Morgan fingerprint density at radius 3 is 1.08 bits per heavy atom. The van der Waals surface area contributed by atoms with Crippen molar-refractivity contribution in [3.8, 4) is 0 Å². The van der Waals surface area contributed by atoms with E-state index in [4.69, 9.17) is 22.6 Å². The molecule has 0 aliphatic carbocycles. The van der Waals surface area contributed by atoms with E-state index in [1.54, 1.807) is 109 Å². The molecule has 8 heteroatoms. The average Bonchev–Trinajstić information content (AvgIpc) is 3.33. The Balaban J connectivity index is 1.99. The van der Waals surface area contributed by atoms with E-state index in [0.717, 1.165) is 0 Å². The first kappa shape index (κ1) is 27.0. The molecule has 0 radical (unpaired) electrons. The summed E-state index contributed by atoms with van der Waals surface area (Å²) in [6, 6.07) is 34.8. The monoisotopic (exact) mass is 544 g/mol. The Kier molecular flexibility index (Phi) is 7.08. The molecular weight excluding hydrogens is 515 g/mol. The van der Waals surface area contributed by atoms with Crippen molar-refractivity contribution in [2.24, 2.45) is 0 Å². The van der Waals surface area contributed by atoms with Gasteiger partial charge in [0.05, 0.1) is 0 Å². The number of ketones is 2. The van der Waals surface area contributed by atoms with Gasteiger partial charge in [-0.05, 0) is 0 Å². The van der Waals surface area contributed by atoms with Gasteiger partial charge in [-0.15, -0.1) is 0 Å². The molecule has 1 fully saturated rings. The van der Waals surface area contributed by atoms with Crippen LogP contribution in [0.4, 0.5) is 0 Å². The van der Waals surface area contributed by atoms with Crippen LogP contribution < -0.4 is 0 Å². The zero-order valence-corrected chi connectivity index (χ0v) is 22.7. The molecule has 2 atom stereocenters. The summed E-state index contributed by atoms with van der Waals surface area (Å²) in [5, 5.41) is 0. The summed E-state index contributed by atoms with van der Waals surface area (Å²) in [4.78, 5) is 29.9. The molecule has 5 rings (SSSR count). The van der Waals surface area contributed by atoms with E-state index < -0.39 is 30.5 Å². The molecule has 7 nitrogen and oxygen atoms in total. The first-order chi connectivity index (χ1) is 18.9. The quantitative estimate of drug-likeness (QED) is 0.172. The summed E-state index contributed by atoms with van der Waals surface area (Å²) in [6.07, 6.45) is 0. The van der Waals surface area contributed by atoms with E-state index in [0.29, 0.717) is 22.3 Å². The molecule has 1 saturated heterocycles. The van der Waals surface area contributed by atoms with Crippen LogP contribution in [0.5, 0.6) is 0 Å². The molecule has 200 valence electrons. The fraction of sp³-hybridized carbons (Fsp3) is 0.161. The molecule has 0 N–H and O–H groups in total. The van der Waals surface area contributed by atoms with Crippen LogP contribution in [0, 0.1) is 0 Å². The van der Waals surface area contributed by atoms with Crippen LogP contribution in [-0.2, 0) is 33.8 Å². The van der Waals surface area contributed by atoms with Crippen molar-refractivity contribution in [2.75, 3.05) is 21.3 Å². The number of rotatable bonds is 9. The van der Waals surface area contributed by atoms with Gasteiger partial charge in [0, 0.05) is 0 Å². The third kappa shape index (κ3) is 3.98. The molecule has 0 amide bonds. The fourth-order valence-corrected chi connectivity index (χ4v) is 7.61. The minimum absolute atomic E-state index is 0.299. The van der Waals surface area contributed by atoms with Crippen LogP contribution in [0.1, 0.15) is 31.8 Å². The van der Waals surface area contributed by atoms with Gasteiger partial charge in [-0.1, -0.05) is 0 Å². The van der Waals surface area contributed by atoms with Gasteiger partial charge in [-0.25, -0.2) is 0 Å². The van der Waals surface area contributed by atoms with E-state index in [-0.39, 0.29) is 0 Å². The third-order valence-electron chi connectivity index (χ3n) is 7.03. The molecule has 0 bridgehead atoms. The Labute approximate surface area is 227 Å². The van der Waals surface area contributed by atoms with Crippen molar-refractivity contribution in [3.05, 3.63) is 144 Å². The molecule has 4 aromatic rings. The van der Waals surface area contributed by atoms with Crippen molar-refractivity contribution in [1.29, 1.82) is 0 Å². The first-order valence-corrected chi connectivity index (χ1v) is 14.2. The van der Waals surface area contributed by atoms with Crippen molar-refractivity contribution in [2.45, 2.75) is 11.2 Å². The van der Waals surface area contributed by atoms with E-state index in [1.807, 2.05) is 12.1 Å². The zero-order valence-electron chi connectivity index (χ0n) is 21.9. The van der Waals surface area contributed by atoms with Crippen molar-refractivity contribution < 1.29 is 32.2 Å². The molecule has 0 aromatic heterocycles. The number of Topliss-reactive ketones (excluding diaryl/α,β-unsaturated/α-hetero) is 2. The van der Waals surface area contributed by atoms with Crippen LogP contribution in [0.15, 0.2) is 121 Å². The van der Waals surface area contributed by atoms with Crippen LogP contribution in [0.2, 0.25) is 0 Å². The molecule has 1 heterocycles. The number of carbonyl (C=O) groups excluding carboxylic acids is 2. The first-order valence-electron chi connectivity index (χ1n) is 12.3. The number of hydrogen-bond donors (Lipinski definition) is 0. The molecule has 0 spiro atoms. The predicted octanol–water partition coefficient (Wildman–Crippen LogP) is 6.66. The molecule has 2 unspecified atom stereocenters. The fourth-order valence-electron chi connectivity index (χ4n) is 5.15. The average molecular weight is 545 g/mol. The molecule has 1 aliphatic rings. The molecular formula is C31H29O7P. The predicted molar refractivity (Wildman–Crippen MR) is 148 cm³/mol. The summed E-state index contributed by atoms with van der Waals surface area (Å²) in [5.74, 6) is -1.06. The number of hydrogen-bond acceptors (Lipinski definition) is 7. The Morgan fingerprint density at radius 1 is 0.513 bits per heavy atom. The maximum absolute atomic E-state index is 15.0. The standard InChI is InChI=1S/C31H29O7P/c1-34-39(35-2,36-3)37-30(26-20-12-6-13-21-26,28(32)24-16-8-4-9-17-24)31(38-39,27-22-14-7-15-23-27)29(33)25-18-10-5-11-19-25/h4-23H,1-3H3. The van der Waals surface area contributed by atoms with Gasteiger partial charge >= 0.3 is 228 Å².